The van der Waals surface area contributed by atoms with Crippen LogP contribution in [0.2, 0.25) is 0 Å². The van der Waals surface area contributed by atoms with Crippen LogP contribution in [0.1, 0.15) is 5.56 Å². The Hall–Kier alpha value is -3.38. The number of hydrogen-bond donors (Lipinski definition) is 1. The highest BCUT2D eigenvalue weighted by Gasteiger charge is 2.23. The molecule has 1 heterocycles. The van der Waals surface area contributed by atoms with E-state index in [1.165, 1.54) is 12.1 Å². The zero-order valence-corrected chi connectivity index (χ0v) is 14.6. The third-order valence-corrected chi connectivity index (χ3v) is 3.96. The minimum absolute atomic E-state index is 0.0475. The third-order valence-electron chi connectivity index (χ3n) is 3.47. The number of halogens is 1. The number of benzene rings is 2. The van der Waals surface area contributed by atoms with E-state index in [0.717, 1.165) is 10.5 Å². The number of hydrogen-bond acceptors (Lipinski definition) is 6. The number of amides is 1. The predicted molar refractivity (Wildman–Crippen MR) is 95.6 cm³/mol. The van der Waals surface area contributed by atoms with Crippen molar-refractivity contribution < 1.29 is 19.2 Å². The van der Waals surface area contributed by atoms with Gasteiger partial charge in [-0.3, -0.25) is 14.9 Å². The number of rotatable bonds is 4. The minimum atomic E-state index is -0.683. The summed E-state index contributed by atoms with van der Waals surface area (Å²) >= 11 is 3.28. The van der Waals surface area contributed by atoms with Crippen LogP contribution in [-0.4, -0.2) is 17.6 Å². The fourth-order valence-electron chi connectivity index (χ4n) is 2.29. The average Bonchev–Trinajstić information content (AvgIpc) is 3.06. The van der Waals surface area contributed by atoms with E-state index in [-0.39, 0.29) is 29.4 Å². The summed E-state index contributed by atoms with van der Waals surface area (Å²) in [7, 11) is 0. The van der Waals surface area contributed by atoms with Crippen LogP contribution in [-0.2, 0) is 4.79 Å². The molecule has 0 atom stereocenters. The molecule has 0 radical (unpaired) electrons. The van der Waals surface area contributed by atoms with Gasteiger partial charge in [-0.1, -0.05) is 22.0 Å². The van der Waals surface area contributed by atoms with E-state index in [1.54, 1.807) is 30.3 Å². The summed E-state index contributed by atoms with van der Waals surface area (Å²) in [5, 5.41) is 23.1. The Morgan fingerprint density at radius 2 is 2.04 bits per heavy atom. The maximum atomic E-state index is 12.3. The lowest BCUT2D eigenvalue weighted by molar-refractivity contribution is -0.385. The molecular weight excluding hydrogens is 406 g/mol. The van der Waals surface area contributed by atoms with Crippen molar-refractivity contribution in [2.45, 2.75) is 0 Å². The van der Waals surface area contributed by atoms with E-state index in [2.05, 4.69) is 21.2 Å². The van der Waals surface area contributed by atoms with Crippen molar-refractivity contribution in [3.8, 4) is 17.6 Å². The van der Waals surface area contributed by atoms with Crippen molar-refractivity contribution in [3.63, 3.8) is 0 Å². The van der Waals surface area contributed by atoms with Crippen molar-refractivity contribution in [1.82, 2.24) is 0 Å². The summed E-state index contributed by atoms with van der Waals surface area (Å²) in [4.78, 5) is 23.0. The molecule has 0 spiro atoms. The molecule has 1 N–H and O–H groups in total. The Morgan fingerprint density at radius 1 is 1.31 bits per heavy atom. The first-order chi connectivity index (χ1) is 12.5. The fraction of sp³-hybridized carbons (Fsp3) is 0.0588. The molecule has 1 aliphatic heterocycles. The average molecular weight is 416 g/mol. The van der Waals surface area contributed by atoms with Crippen LogP contribution in [0.15, 0.2) is 46.4 Å². The molecule has 0 saturated heterocycles. The number of nitrogens with zero attached hydrogens (tertiary/aromatic N) is 2. The lowest BCUT2D eigenvalue weighted by atomic mass is 10.1. The largest absolute Gasteiger partial charge is 0.454 e. The smallest absolute Gasteiger partial charge is 0.280 e. The van der Waals surface area contributed by atoms with Gasteiger partial charge in [-0.05, 0) is 30.3 Å². The van der Waals surface area contributed by atoms with Gasteiger partial charge in [0.25, 0.3) is 11.6 Å². The molecule has 0 aliphatic carbocycles. The highest BCUT2D eigenvalue weighted by Crippen LogP contribution is 2.38. The normalized spacial score (nSPS) is 12.4. The molecule has 1 aliphatic rings. The quantitative estimate of drug-likeness (QED) is 0.352. The molecule has 0 fully saturated rings. The van der Waals surface area contributed by atoms with Gasteiger partial charge in [0.15, 0.2) is 11.5 Å². The molecule has 2 aromatic rings. The maximum Gasteiger partial charge on any atom is 0.280 e. The van der Waals surface area contributed by atoms with Crippen LogP contribution < -0.4 is 14.8 Å². The van der Waals surface area contributed by atoms with E-state index in [0.29, 0.717) is 11.4 Å². The number of nitriles is 1. The summed E-state index contributed by atoms with van der Waals surface area (Å²) in [5.41, 5.74) is -0.0323. The molecule has 8 nitrogen and oxygen atoms in total. The van der Waals surface area contributed by atoms with E-state index >= 15 is 0 Å². The van der Waals surface area contributed by atoms with Crippen molar-refractivity contribution in [2.75, 3.05) is 12.1 Å². The number of nitro benzene ring substituents is 1. The SMILES string of the molecule is N#C/C(=C\c1cc2c(cc1[N+](=O)[O-])OCO2)C(=O)Nc1cccc(Br)c1. The van der Waals surface area contributed by atoms with Gasteiger partial charge in [-0.15, -0.1) is 0 Å². The van der Waals surface area contributed by atoms with Gasteiger partial charge in [0.05, 0.1) is 16.6 Å². The first kappa shape index (κ1) is 17.4. The lowest BCUT2D eigenvalue weighted by Gasteiger charge is -2.05. The topological polar surface area (TPSA) is 114 Å². The first-order valence-electron chi connectivity index (χ1n) is 7.24. The van der Waals surface area contributed by atoms with Crippen LogP contribution in [0, 0.1) is 21.4 Å². The molecule has 3 rings (SSSR count). The van der Waals surface area contributed by atoms with Crippen LogP contribution >= 0.6 is 15.9 Å². The Kier molecular flexibility index (Phi) is 4.86. The van der Waals surface area contributed by atoms with Crippen molar-refractivity contribution >= 4 is 39.3 Å². The predicted octanol–water partition coefficient (Wildman–Crippen LogP) is 3.63. The van der Waals surface area contributed by atoms with Crippen molar-refractivity contribution in [3.05, 3.63) is 62.1 Å². The summed E-state index contributed by atoms with van der Waals surface area (Å²) in [5.74, 6) is -0.130. The third kappa shape index (κ3) is 3.65. The van der Waals surface area contributed by atoms with Gasteiger partial charge >= 0.3 is 0 Å². The zero-order valence-electron chi connectivity index (χ0n) is 13.1. The van der Waals surface area contributed by atoms with E-state index < -0.39 is 10.8 Å². The summed E-state index contributed by atoms with van der Waals surface area (Å²) in [6, 6.07) is 11.2. The van der Waals surface area contributed by atoms with Gasteiger partial charge < -0.3 is 14.8 Å². The number of carbonyl (C=O) groups is 1. The standard InChI is InChI=1S/C17H10BrN3O5/c18-12-2-1-3-13(6-12)20-17(22)11(8-19)4-10-5-15-16(26-9-25-15)7-14(10)21(23)24/h1-7H,9H2,(H,20,22)/b11-4+. The molecule has 26 heavy (non-hydrogen) atoms. The van der Waals surface area contributed by atoms with Gasteiger partial charge in [0.2, 0.25) is 6.79 Å². The Morgan fingerprint density at radius 3 is 2.69 bits per heavy atom. The molecule has 130 valence electrons. The molecular formula is C17H10BrN3O5. The Balaban J connectivity index is 1.95. The number of ether oxygens (including phenoxy) is 2. The van der Waals surface area contributed by atoms with E-state index in [1.807, 2.05) is 0 Å². The second-order valence-electron chi connectivity index (χ2n) is 5.16. The zero-order chi connectivity index (χ0) is 18.7. The van der Waals surface area contributed by atoms with E-state index in [9.17, 15) is 20.2 Å². The number of anilines is 1. The monoisotopic (exact) mass is 415 g/mol. The van der Waals surface area contributed by atoms with Crippen LogP contribution in [0.3, 0.4) is 0 Å². The van der Waals surface area contributed by atoms with Crippen molar-refractivity contribution in [2.24, 2.45) is 0 Å². The second kappa shape index (κ2) is 7.25. The molecule has 0 aromatic heterocycles. The minimum Gasteiger partial charge on any atom is -0.454 e. The summed E-state index contributed by atoms with van der Waals surface area (Å²) in [6.07, 6.45) is 1.15. The molecule has 2 aromatic carbocycles. The maximum absolute atomic E-state index is 12.3. The molecule has 1 amide bonds. The molecule has 9 heteroatoms. The van der Waals surface area contributed by atoms with E-state index in [4.69, 9.17) is 9.47 Å². The van der Waals surface area contributed by atoms with Crippen molar-refractivity contribution in [1.29, 1.82) is 5.26 Å². The van der Waals surface area contributed by atoms with Gasteiger partial charge in [-0.25, -0.2) is 0 Å². The number of carbonyl (C=O) groups excluding carboxylic acids is 1. The Bertz CT molecular complexity index is 981. The molecule has 0 saturated carbocycles. The first-order valence-corrected chi connectivity index (χ1v) is 8.04. The highest BCUT2D eigenvalue weighted by atomic mass is 79.9. The number of nitrogens with one attached hydrogen (secondary N) is 1. The lowest BCUT2D eigenvalue weighted by Crippen LogP contribution is -2.13. The summed E-state index contributed by atoms with van der Waals surface area (Å²) in [6.45, 7) is -0.0475. The second-order valence-corrected chi connectivity index (χ2v) is 6.07. The molecule has 0 bridgehead atoms. The number of fused-ring (bicyclic) bond motifs is 1. The van der Waals surface area contributed by atoms with Crippen LogP contribution in [0.25, 0.3) is 6.08 Å². The highest BCUT2D eigenvalue weighted by molar-refractivity contribution is 9.10. The fourth-order valence-corrected chi connectivity index (χ4v) is 2.69. The van der Waals surface area contributed by atoms with Gasteiger partial charge in [0, 0.05) is 10.2 Å². The van der Waals surface area contributed by atoms with Gasteiger partial charge in [0.1, 0.15) is 11.6 Å². The Labute approximate surface area is 155 Å². The molecule has 0 unspecified atom stereocenters. The van der Waals surface area contributed by atoms with Crippen LogP contribution in [0.4, 0.5) is 11.4 Å². The van der Waals surface area contributed by atoms with Gasteiger partial charge in [-0.2, -0.15) is 5.26 Å². The number of nitro groups is 1. The van der Waals surface area contributed by atoms with Crippen LogP contribution in [0.5, 0.6) is 11.5 Å². The summed E-state index contributed by atoms with van der Waals surface area (Å²) < 4.78 is 11.1.